The lowest BCUT2D eigenvalue weighted by Gasteiger charge is -2.14. The summed E-state index contributed by atoms with van der Waals surface area (Å²) in [5, 5.41) is 2.36. The van der Waals surface area contributed by atoms with Crippen molar-refractivity contribution in [3.05, 3.63) is 42.9 Å². The fraction of sp³-hybridized carbons (Fsp3) is 0.261. The van der Waals surface area contributed by atoms with E-state index in [1.54, 1.807) is 38.7 Å². The Kier molecular flexibility index (Phi) is 6.87. The van der Waals surface area contributed by atoms with Crippen molar-refractivity contribution >= 4 is 37.6 Å². The largest absolute Gasteiger partial charge is 0.493 e. The molecule has 12 heteroatoms. The second-order valence-electron chi connectivity index (χ2n) is 7.81. The summed E-state index contributed by atoms with van der Waals surface area (Å²) in [6.45, 7) is -0.157. The van der Waals surface area contributed by atoms with Crippen molar-refractivity contribution in [2.45, 2.75) is 6.04 Å². The van der Waals surface area contributed by atoms with E-state index in [9.17, 15) is 8.42 Å². The fourth-order valence-corrected chi connectivity index (χ4v) is 3.93. The number of rotatable bonds is 9. The minimum atomic E-state index is -3.58. The molecule has 1 aromatic carbocycles. The number of nitrogens with zero attached hydrogens (tertiary/aromatic N) is 3. The molecule has 0 aliphatic rings. The van der Waals surface area contributed by atoms with Gasteiger partial charge in [-0.05, 0) is 23.6 Å². The Bertz CT molecular complexity index is 1500. The number of hydrogen-bond acceptors (Lipinski definition) is 11. The highest BCUT2D eigenvalue weighted by Crippen LogP contribution is 2.37. The molecule has 35 heavy (non-hydrogen) atoms. The molecule has 0 bridgehead atoms. The van der Waals surface area contributed by atoms with Crippen molar-refractivity contribution in [3.8, 4) is 28.5 Å². The third kappa shape index (κ3) is 5.50. The topological polar surface area (TPSA) is 162 Å². The van der Waals surface area contributed by atoms with Gasteiger partial charge in [-0.15, -0.1) is 0 Å². The fourth-order valence-electron chi connectivity index (χ4n) is 3.51. The van der Waals surface area contributed by atoms with Crippen molar-refractivity contribution in [2.75, 3.05) is 39.4 Å². The molecule has 3 aromatic heterocycles. The number of fused-ring (bicyclic) bond motifs is 3. The van der Waals surface area contributed by atoms with Gasteiger partial charge in [0, 0.05) is 34.8 Å². The van der Waals surface area contributed by atoms with Crippen LogP contribution in [0, 0.1) is 0 Å². The predicted molar refractivity (Wildman–Crippen MR) is 132 cm³/mol. The molecule has 0 spiro atoms. The summed E-state index contributed by atoms with van der Waals surface area (Å²) in [4.78, 5) is 13.2. The molecule has 3 heterocycles. The van der Waals surface area contributed by atoms with E-state index >= 15 is 0 Å². The van der Waals surface area contributed by atoms with E-state index < -0.39 is 16.2 Å². The number of nitrogen functional groups attached to an aromatic ring is 1. The third-order valence-electron chi connectivity index (χ3n) is 5.18. The van der Waals surface area contributed by atoms with Crippen LogP contribution in [0.15, 0.2) is 42.9 Å². The molecule has 0 saturated carbocycles. The first-order chi connectivity index (χ1) is 16.7. The molecule has 1 atom stereocenters. The Hall–Kier alpha value is -3.74. The zero-order valence-electron chi connectivity index (χ0n) is 19.4. The molecule has 0 aliphatic carbocycles. The van der Waals surface area contributed by atoms with Gasteiger partial charge in [0.1, 0.15) is 18.2 Å². The Balaban J connectivity index is 1.67. The zero-order chi connectivity index (χ0) is 25.2. The number of hydrogen-bond donors (Lipinski definition) is 2. The number of ether oxygens (including phenoxy) is 3. The molecule has 4 N–H and O–H groups in total. The van der Waals surface area contributed by atoms with Gasteiger partial charge in [0.05, 0.1) is 50.5 Å². The van der Waals surface area contributed by atoms with Gasteiger partial charge < -0.3 is 25.7 Å². The summed E-state index contributed by atoms with van der Waals surface area (Å²) in [6.07, 6.45) is 5.80. The van der Waals surface area contributed by atoms with Crippen LogP contribution in [0.2, 0.25) is 0 Å². The molecular weight excluding hydrogens is 474 g/mol. The molecule has 0 aliphatic heterocycles. The first-order valence-electron chi connectivity index (χ1n) is 10.5. The highest BCUT2D eigenvalue weighted by Gasteiger charge is 2.14. The van der Waals surface area contributed by atoms with Gasteiger partial charge >= 0.3 is 0 Å². The zero-order valence-corrected chi connectivity index (χ0v) is 20.2. The van der Waals surface area contributed by atoms with Gasteiger partial charge in [0.15, 0.2) is 11.5 Å². The second kappa shape index (κ2) is 9.86. The lowest BCUT2D eigenvalue weighted by atomic mass is 10.0. The Morgan fingerprint density at radius 2 is 1.69 bits per heavy atom. The van der Waals surface area contributed by atoms with Crippen molar-refractivity contribution < 1.29 is 26.8 Å². The second-order valence-corrected chi connectivity index (χ2v) is 9.45. The van der Waals surface area contributed by atoms with Gasteiger partial charge in [-0.2, -0.15) is 8.42 Å². The minimum Gasteiger partial charge on any atom is -0.493 e. The van der Waals surface area contributed by atoms with Crippen LogP contribution in [0.3, 0.4) is 0 Å². The van der Waals surface area contributed by atoms with Gasteiger partial charge in [0.2, 0.25) is 0 Å². The molecule has 184 valence electrons. The minimum absolute atomic E-state index is 0.0336. The summed E-state index contributed by atoms with van der Waals surface area (Å²) in [6, 6.07) is 6.65. The Morgan fingerprint density at radius 1 is 0.943 bits per heavy atom. The first-order valence-corrected chi connectivity index (χ1v) is 12.3. The summed E-state index contributed by atoms with van der Waals surface area (Å²) in [7, 11) is -0.441. The molecule has 0 unspecified atom stereocenters. The maximum atomic E-state index is 11.1. The summed E-state index contributed by atoms with van der Waals surface area (Å²) < 4.78 is 43.5. The van der Waals surface area contributed by atoms with Gasteiger partial charge in [-0.1, -0.05) is 0 Å². The van der Waals surface area contributed by atoms with Crippen LogP contribution in [0.4, 0.5) is 5.82 Å². The van der Waals surface area contributed by atoms with Crippen LogP contribution >= 0.6 is 0 Å². The lowest BCUT2D eigenvalue weighted by molar-refractivity contribution is 0.224. The monoisotopic (exact) mass is 499 g/mol. The molecule has 0 amide bonds. The molecule has 0 radical (unpaired) electrons. The quantitative estimate of drug-likeness (QED) is 0.256. The number of methoxy groups -OCH3 is 2. The summed E-state index contributed by atoms with van der Waals surface area (Å²) in [5.74, 6) is 1.89. The highest BCUT2D eigenvalue weighted by molar-refractivity contribution is 7.85. The Labute approximate surface area is 202 Å². The van der Waals surface area contributed by atoms with Crippen LogP contribution in [0.25, 0.3) is 32.9 Å². The van der Waals surface area contributed by atoms with E-state index in [0.29, 0.717) is 45.2 Å². The Morgan fingerprint density at radius 3 is 2.40 bits per heavy atom. The van der Waals surface area contributed by atoms with Crippen LogP contribution in [-0.2, 0) is 14.3 Å². The predicted octanol–water partition coefficient (Wildman–Crippen LogP) is 2.13. The molecule has 4 aromatic rings. The molecular formula is C23H25N5O6S. The van der Waals surface area contributed by atoms with Crippen LogP contribution in [0.1, 0.15) is 0 Å². The van der Waals surface area contributed by atoms with Crippen molar-refractivity contribution in [3.63, 3.8) is 0 Å². The van der Waals surface area contributed by atoms with Gasteiger partial charge in [0.25, 0.3) is 10.1 Å². The summed E-state index contributed by atoms with van der Waals surface area (Å²) in [5.41, 5.74) is 14.1. The van der Waals surface area contributed by atoms with Gasteiger partial charge in [-0.25, -0.2) is 4.98 Å². The average molecular weight is 500 g/mol. The van der Waals surface area contributed by atoms with E-state index in [2.05, 4.69) is 15.0 Å². The van der Waals surface area contributed by atoms with Crippen molar-refractivity contribution in [2.24, 2.45) is 5.73 Å². The highest BCUT2D eigenvalue weighted by atomic mass is 32.2. The molecule has 11 nitrogen and oxygen atoms in total. The van der Waals surface area contributed by atoms with E-state index in [-0.39, 0.29) is 13.2 Å². The maximum absolute atomic E-state index is 11.1. The van der Waals surface area contributed by atoms with Crippen LogP contribution < -0.4 is 25.7 Å². The van der Waals surface area contributed by atoms with E-state index in [1.807, 2.05) is 12.1 Å². The molecule has 0 fully saturated rings. The normalized spacial score (nSPS) is 12.6. The molecule has 0 saturated heterocycles. The smallest absolute Gasteiger partial charge is 0.264 e. The number of aromatic nitrogens is 3. The number of anilines is 1. The van der Waals surface area contributed by atoms with E-state index in [4.69, 9.17) is 29.9 Å². The average Bonchev–Trinajstić information content (AvgIpc) is 2.84. The lowest BCUT2D eigenvalue weighted by Crippen LogP contribution is -2.33. The maximum Gasteiger partial charge on any atom is 0.264 e. The van der Waals surface area contributed by atoms with Crippen molar-refractivity contribution in [1.29, 1.82) is 0 Å². The standard InChI is InChI=1S/C23H25N5O6S/c1-31-21-6-17-16-5-19(28-23(25)18(16)10-27-20(17)7-22(21)32-2)13-4-15(9-26-8-13)33-11-14(24)12-34-35(3,29)30/h4-10,14H,11-12,24H2,1-3H3,(H2,25,28)/t14-/m1/s1. The number of nitrogens with two attached hydrogens (primary N) is 2. The van der Waals surface area contributed by atoms with E-state index in [1.165, 1.54) is 6.20 Å². The number of pyridine rings is 3. The van der Waals surface area contributed by atoms with Crippen molar-refractivity contribution in [1.82, 2.24) is 15.0 Å². The van der Waals surface area contributed by atoms with Gasteiger partial charge in [-0.3, -0.25) is 14.2 Å². The van der Waals surface area contributed by atoms with Crippen LogP contribution in [-0.4, -0.2) is 63.1 Å². The van der Waals surface area contributed by atoms with E-state index in [0.717, 1.165) is 17.0 Å². The first kappa shape index (κ1) is 24.4. The third-order valence-corrected chi connectivity index (χ3v) is 5.75. The SMILES string of the molecule is COc1cc2ncc3c(N)nc(-c4cncc(OC[C@@H](N)COS(C)(=O)=O)c4)cc3c2cc1OC. The summed E-state index contributed by atoms with van der Waals surface area (Å²) >= 11 is 0. The molecule has 4 rings (SSSR count). The van der Waals surface area contributed by atoms with Crippen LogP contribution in [0.5, 0.6) is 17.2 Å². The number of benzene rings is 1.